The second kappa shape index (κ2) is 8.88. The molecule has 0 radical (unpaired) electrons. The molecule has 1 heterocycles. The lowest BCUT2D eigenvalue weighted by atomic mass is 9.85. The summed E-state index contributed by atoms with van der Waals surface area (Å²) in [7, 11) is 1.81. The van der Waals surface area contributed by atoms with E-state index in [-0.39, 0.29) is 6.10 Å². The van der Waals surface area contributed by atoms with E-state index in [0.717, 1.165) is 31.9 Å². The van der Waals surface area contributed by atoms with Gasteiger partial charge in [0.15, 0.2) is 5.96 Å². The Labute approximate surface area is 141 Å². The topological polar surface area (TPSA) is 59.9 Å². The molecule has 5 nitrogen and oxygen atoms in total. The summed E-state index contributed by atoms with van der Waals surface area (Å²) >= 11 is 0. The number of likely N-dealkylation sites (tertiary alicyclic amines) is 1. The summed E-state index contributed by atoms with van der Waals surface area (Å²) in [6, 6.07) is 1.02. The molecule has 1 saturated carbocycles. The van der Waals surface area contributed by atoms with Crippen LogP contribution in [-0.4, -0.2) is 60.8 Å². The third-order valence-corrected chi connectivity index (χ3v) is 5.59. The number of aliphatic hydroxyl groups excluding tert-OH is 1. The predicted molar refractivity (Wildman–Crippen MR) is 96.7 cm³/mol. The monoisotopic (exact) mass is 324 g/mol. The van der Waals surface area contributed by atoms with Gasteiger partial charge < -0.3 is 15.7 Å². The first-order chi connectivity index (χ1) is 11.0. The zero-order valence-corrected chi connectivity index (χ0v) is 15.4. The van der Waals surface area contributed by atoms with Gasteiger partial charge in [0.2, 0.25) is 0 Å². The molecule has 1 saturated heterocycles. The van der Waals surface area contributed by atoms with Gasteiger partial charge in [-0.3, -0.25) is 9.89 Å². The van der Waals surface area contributed by atoms with Crippen LogP contribution < -0.4 is 10.6 Å². The van der Waals surface area contributed by atoms with E-state index in [1.165, 1.54) is 19.3 Å². The van der Waals surface area contributed by atoms with Crippen molar-refractivity contribution in [2.75, 3.05) is 26.7 Å². The van der Waals surface area contributed by atoms with Crippen LogP contribution in [0.25, 0.3) is 0 Å². The molecule has 0 aromatic carbocycles. The van der Waals surface area contributed by atoms with Crippen LogP contribution in [-0.2, 0) is 0 Å². The van der Waals surface area contributed by atoms with E-state index < -0.39 is 0 Å². The van der Waals surface area contributed by atoms with Crippen molar-refractivity contribution in [3.8, 4) is 0 Å². The van der Waals surface area contributed by atoms with E-state index >= 15 is 0 Å². The van der Waals surface area contributed by atoms with Gasteiger partial charge in [-0.25, -0.2) is 0 Å². The van der Waals surface area contributed by atoms with E-state index in [2.05, 4.69) is 41.3 Å². The number of guanidine groups is 1. The van der Waals surface area contributed by atoms with Gasteiger partial charge in [-0.15, -0.1) is 0 Å². The van der Waals surface area contributed by atoms with Gasteiger partial charge in [0.25, 0.3) is 0 Å². The van der Waals surface area contributed by atoms with Crippen LogP contribution in [0.4, 0.5) is 0 Å². The van der Waals surface area contributed by atoms with Crippen molar-refractivity contribution >= 4 is 5.96 Å². The summed E-state index contributed by atoms with van der Waals surface area (Å²) in [6.45, 7) is 9.59. The molecular weight excluding hydrogens is 288 g/mol. The minimum absolute atomic E-state index is 0.262. The summed E-state index contributed by atoms with van der Waals surface area (Å²) < 4.78 is 0. The van der Waals surface area contributed by atoms with Gasteiger partial charge in [-0.05, 0) is 38.5 Å². The van der Waals surface area contributed by atoms with Crippen molar-refractivity contribution in [3.63, 3.8) is 0 Å². The van der Waals surface area contributed by atoms with E-state index in [0.29, 0.717) is 30.5 Å². The average molecular weight is 325 g/mol. The number of aliphatic imine (C=N–C) groups is 1. The molecular formula is C18H36N4O. The second-order valence-electron chi connectivity index (χ2n) is 7.69. The second-order valence-corrected chi connectivity index (χ2v) is 7.69. The summed E-state index contributed by atoms with van der Waals surface area (Å²) in [5.74, 6) is 1.89. The fraction of sp³-hybridized carbons (Fsp3) is 0.944. The zero-order chi connectivity index (χ0) is 16.8. The Hall–Kier alpha value is -0.810. The third-order valence-electron chi connectivity index (χ3n) is 5.59. The number of hydrogen-bond acceptors (Lipinski definition) is 3. The van der Waals surface area contributed by atoms with Crippen molar-refractivity contribution in [1.29, 1.82) is 0 Å². The van der Waals surface area contributed by atoms with Crippen LogP contribution in [0.1, 0.15) is 52.9 Å². The summed E-state index contributed by atoms with van der Waals surface area (Å²) in [4.78, 5) is 6.84. The SMILES string of the molecule is CN=C(NCC(O)C1CCCCC1)NC1CN(C(C)C)CC1C. The molecule has 1 aliphatic heterocycles. The zero-order valence-electron chi connectivity index (χ0n) is 15.4. The van der Waals surface area contributed by atoms with Crippen LogP contribution in [0.5, 0.6) is 0 Å². The molecule has 3 N–H and O–H groups in total. The molecule has 2 rings (SSSR count). The maximum atomic E-state index is 10.4. The fourth-order valence-electron chi connectivity index (χ4n) is 3.87. The maximum Gasteiger partial charge on any atom is 0.191 e. The molecule has 3 unspecified atom stereocenters. The molecule has 0 spiro atoms. The molecule has 2 aliphatic rings. The molecule has 2 fully saturated rings. The first kappa shape index (κ1) is 18.5. The molecule has 0 amide bonds. The number of rotatable bonds is 5. The highest BCUT2D eigenvalue weighted by molar-refractivity contribution is 5.80. The Balaban J connectivity index is 1.77. The lowest BCUT2D eigenvalue weighted by Gasteiger charge is -2.28. The summed E-state index contributed by atoms with van der Waals surface area (Å²) in [6.07, 6.45) is 5.92. The van der Waals surface area contributed by atoms with E-state index in [9.17, 15) is 5.11 Å². The number of aliphatic hydroxyl groups is 1. The average Bonchev–Trinajstić information content (AvgIpc) is 2.93. The standard InChI is InChI=1S/C18H36N4O/c1-13(2)22-11-14(3)16(12-22)21-18(19-4)20-10-17(23)15-8-6-5-7-9-15/h13-17,23H,5-12H2,1-4H3,(H2,19,20,21). The third kappa shape index (κ3) is 5.35. The Morgan fingerprint density at radius 3 is 2.48 bits per heavy atom. The van der Waals surface area contributed by atoms with Gasteiger partial charge >= 0.3 is 0 Å². The quantitative estimate of drug-likeness (QED) is 0.533. The number of nitrogens with one attached hydrogen (secondary N) is 2. The molecule has 23 heavy (non-hydrogen) atoms. The summed E-state index contributed by atoms with van der Waals surface area (Å²) in [5.41, 5.74) is 0. The molecule has 0 aromatic rings. The smallest absolute Gasteiger partial charge is 0.191 e. The van der Waals surface area contributed by atoms with Crippen molar-refractivity contribution in [1.82, 2.24) is 15.5 Å². The van der Waals surface area contributed by atoms with Gasteiger partial charge in [0.1, 0.15) is 0 Å². The van der Waals surface area contributed by atoms with E-state index in [1.807, 2.05) is 7.05 Å². The first-order valence-corrected chi connectivity index (χ1v) is 9.40. The molecule has 0 bridgehead atoms. The van der Waals surface area contributed by atoms with Crippen LogP contribution in [0, 0.1) is 11.8 Å². The predicted octanol–water partition coefficient (Wildman–Crippen LogP) is 1.82. The summed E-state index contributed by atoms with van der Waals surface area (Å²) in [5, 5.41) is 17.3. The molecule has 0 aromatic heterocycles. The highest BCUT2D eigenvalue weighted by atomic mass is 16.3. The largest absolute Gasteiger partial charge is 0.391 e. The molecule has 3 atom stereocenters. The van der Waals surface area contributed by atoms with Crippen LogP contribution in [0.3, 0.4) is 0 Å². The van der Waals surface area contributed by atoms with Crippen molar-refractivity contribution < 1.29 is 5.11 Å². The van der Waals surface area contributed by atoms with Crippen LogP contribution in [0.15, 0.2) is 4.99 Å². The first-order valence-electron chi connectivity index (χ1n) is 9.40. The van der Waals surface area contributed by atoms with Crippen molar-refractivity contribution in [2.45, 2.75) is 71.1 Å². The van der Waals surface area contributed by atoms with Gasteiger partial charge in [-0.1, -0.05) is 26.2 Å². The van der Waals surface area contributed by atoms with E-state index in [1.54, 1.807) is 0 Å². The molecule has 1 aliphatic carbocycles. The highest BCUT2D eigenvalue weighted by Crippen LogP contribution is 2.26. The Morgan fingerprint density at radius 2 is 1.91 bits per heavy atom. The van der Waals surface area contributed by atoms with Crippen LogP contribution in [0.2, 0.25) is 0 Å². The normalized spacial score (nSPS) is 29.0. The minimum Gasteiger partial charge on any atom is -0.391 e. The van der Waals surface area contributed by atoms with E-state index in [4.69, 9.17) is 0 Å². The fourth-order valence-corrected chi connectivity index (χ4v) is 3.87. The molecule has 5 heteroatoms. The van der Waals surface area contributed by atoms with Crippen LogP contribution >= 0.6 is 0 Å². The van der Waals surface area contributed by atoms with Gasteiger partial charge in [-0.2, -0.15) is 0 Å². The lowest BCUT2D eigenvalue weighted by molar-refractivity contribution is 0.0879. The lowest BCUT2D eigenvalue weighted by Crippen LogP contribution is -2.49. The Bertz CT molecular complexity index is 379. The van der Waals surface area contributed by atoms with Crippen molar-refractivity contribution in [3.05, 3.63) is 0 Å². The Kier molecular flexibility index (Phi) is 7.15. The highest BCUT2D eigenvalue weighted by Gasteiger charge is 2.31. The van der Waals surface area contributed by atoms with Crippen molar-refractivity contribution in [2.24, 2.45) is 16.8 Å². The van der Waals surface area contributed by atoms with Gasteiger partial charge in [0.05, 0.1) is 6.10 Å². The number of hydrogen-bond donors (Lipinski definition) is 3. The maximum absolute atomic E-state index is 10.4. The molecule has 134 valence electrons. The number of nitrogens with zero attached hydrogens (tertiary/aromatic N) is 2. The van der Waals surface area contributed by atoms with Gasteiger partial charge in [0, 0.05) is 38.8 Å². The minimum atomic E-state index is -0.262. The Morgan fingerprint density at radius 1 is 1.22 bits per heavy atom.